The number of nitrogens with one attached hydrogen (secondary N) is 2. The maximum Gasteiger partial charge on any atom is 0.573 e. The van der Waals surface area contributed by atoms with Crippen LogP contribution in [0.1, 0.15) is 25.3 Å². The van der Waals surface area contributed by atoms with Crippen LogP contribution in [0.15, 0.2) is 86.3 Å². The minimum absolute atomic E-state index is 0.154. The van der Waals surface area contributed by atoms with Crippen LogP contribution >= 0.6 is 15.9 Å². The molecule has 1 aliphatic heterocycles. The predicted octanol–water partition coefficient (Wildman–Crippen LogP) is 5.66. The minimum Gasteiger partial charge on any atom is -0.507 e. The van der Waals surface area contributed by atoms with Crippen molar-refractivity contribution in [2.75, 3.05) is 19.6 Å². The fraction of sp³-hybridized carbons (Fsp3) is 0.269. The van der Waals surface area contributed by atoms with E-state index in [1.165, 1.54) is 0 Å². The van der Waals surface area contributed by atoms with Crippen molar-refractivity contribution in [3.8, 4) is 11.5 Å². The summed E-state index contributed by atoms with van der Waals surface area (Å²) in [5.74, 6) is -0.335. The van der Waals surface area contributed by atoms with Gasteiger partial charge in [-0.3, -0.25) is 4.99 Å². The van der Waals surface area contributed by atoms with Crippen LogP contribution in [-0.2, 0) is 10.0 Å². The van der Waals surface area contributed by atoms with Gasteiger partial charge >= 0.3 is 6.36 Å². The number of nitrogens with zero attached hydrogens (tertiary/aromatic N) is 1. The summed E-state index contributed by atoms with van der Waals surface area (Å²) in [5.41, 5.74) is 3.26. The first kappa shape index (κ1) is 29.5. The summed E-state index contributed by atoms with van der Waals surface area (Å²) in [7, 11) is -3.87. The molecule has 3 N–H and O–H groups in total. The minimum atomic E-state index is -4.85. The molecule has 38 heavy (non-hydrogen) atoms. The molecule has 1 aliphatic rings. The number of benzene rings is 2. The highest BCUT2D eigenvalue weighted by Gasteiger charge is 2.31. The van der Waals surface area contributed by atoms with Crippen LogP contribution in [-0.4, -0.2) is 45.7 Å². The molecule has 12 heteroatoms. The fourth-order valence-electron chi connectivity index (χ4n) is 3.49. The summed E-state index contributed by atoms with van der Waals surface area (Å²) in [6.45, 7) is 3.03. The fourth-order valence-corrected chi connectivity index (χ4v) is 4.83. The quantitative estimate of drug-likeness (QED) is 0.300. The molecule has 0 radical (unpaired) electrons. The molecule has 0 aromatic heterocycles. The molecule has 1 heterocycles. The number of phenols is 1. The number of hydrogen-bond donors (Lipinski definition) is 3. The highest BCUT2D eigenvalue weighted by Crippen LogP contribution is 2.29. The molecule has 3 rings (SSSR count). The monoisotopic (exact) mass is 613 g/mol. The topological polar surface area (TPSA) is 100 Å². The Morgan fingerprint density at radius 1 is 1.05 bits per heavy atom. The Balaban J connectivity index is 1.55. The molecule has 0 atom stereocenters. The van der Waals surface area contributed by atoms with Gasteiger partial charge in [0.15, 0.2) is 0 Å². The summed E-state index contributed by atoms with van der Waals surface area (Å²) < 4.78 is 68.7. The highest BCUT2D eigenvalue weighted by atomic mass is 79.9. The first-order chi connectivity index (χ1) is 17.9. The van der Waals surface area contributed by atoms with E-state index < -0.39 is 22.1 Å². The first-order valence-electron chi connectivity index (χ1n) is 11.6. The van der Waals surface area contributed by atoms with Crippen LogP contribution in [0.3, 0.4) is 0 Å². The zero-order chi connectivity index (χ0) is 27.8. The highest BCUT2D eigenvalue weighted by molar-refractivity contribution is 9.12. The lowest BCUT2D eigenvalue weighted by atomic mass is 10.0. The van der Waals surface area contributed by atoms with Crippen molar-refractivity contribution in [1.29, 1.82) is 0 Å². The van der Waals surface area contributed by atoms with Crippen molar-refractivity contribution >= 4 is 37.7 Å². The number of ether oxygens (including phenoxy) is 1. The Morgan fingerprint density at radius 2 is 1.74 bits per heavy atom. The number of alkyl halides is 3. The molecular weight excluding hydrogens is 587 g/mol. The molecule has 0 saturated heterocycles. The molecule has 0 amide bonds. The third-order valence-corrected chi connectivity index (χ3v) is 7.68. The van der Waals surface area contributed by atoms with Gasteiger partial charge < -0.3 is 15.2 Å². The number of rotatable bonds is 10. The van der Waals surface area contributed by atoms with E-state index in [9.17, 15) is 26.7 Å². The number of sulfonamides is 1. The predicted molar refractivity (Wildman–Crippen MR) is 145 cm³/mol. The maximum absolute atomic E-state index is 12.4. The molecule has 0 saturated carbocycles. The van der Waals surface area contributed by atoms with Gasteiger partial charge in [0, 0.05) is 35.0 Å². The van der Waals surface area contributed by atoms with E-state index in [-0.39, 0.29) is 17.2 Å². The second-order valence-corrected chi connectivity index (χ2v) is 11.0. The van der Waals surface area contributed by atoms with E-state index in [1.54, 1.807) is 18.3 Å². The van der Waals surface area contributed by atoms with Gasteiger partial charge in [-0.05, 0) is 83.2 Å². The van der Waals surface area contributed by atoms with Gasteiger partial charge in [0.25, 0.3) is 0 Å². The van der Waals surface area contributed by atoms with Gasteiger partial charge in [-0.2, -0.15) is 0 Å². The molecule has 7 nitrogen and oxygen atoms in total. The molecule has 2 aromatic rings. The Morgan fingerprint density at radius 3 is 2.42 bits per heavy atom. The largest absolute Gasteiger partial charge is 0.573 e. The third-order valence-electron chi connectivity index (χ3n) is 5.38. The summed E-state index contributed by atoms with van der Waals surface area (Å²) in [4.78, 5) is 4.29. The summed E-state index contributed by atoms with van der Waals surface area (Å²) >= 11 is 3.51. The van der Waals surface area contributed by atoms with Crippen molar-refractivity contribution < 1.29 is 31.4 Å². The number of phenolic OH excluding ortho intramolecular Hbond substituents is 1. The Kier molecular flexibility index (Phi) is 10.2. The number of hydrogen-bond acceptors (Lipinski definition) is 6. The van der Waals surface area contributed by atoms with Crippen molar-refractivity contribution in [1.82, 2.24) is 10.0 Å². The van der Waals surface area contributed by atoms with E-state index in [0.29, 0.717) is 31.5 Å². The van der Waals surface area contributed by atoms with E-state index in [4.69, 9.17) is 0 Å². The zero-order valence-corrected chi connectivity index (χ0v) is 22.8. The normalized spacial score (nSPS) is 19.4. The Hall–Kier alpha value is -3.09. The van der Waals surface area contributed by atoms with Crippen LogP contribution in [0.4, 0.5) is 13.2 Å². The smallest absolute Gasteiger partial charge is 0.507 e. The number of aliphatic imine (C=N–C) groups is 1. The third kappa shape index (κ3) is 9.03. The van der Waals surface area contributed by atoms with Crippen LogP contribution in [0.2, 0.25) is 0 Å². The Labute approximate surface area is 228 Å². The molecule has 0 aliphatic carbocycles. The van der Waals surface area contributed by atoms with Crippen LogP contribution in [0.25, 0.3) is 5.57 Å². The molecule has 0 unspecified atom stereocenters. The molecule has 2 aromatic carbocycles. The average Bonchev–Trinajstić information content (AvgIpc) is 2.91. The lowest BCUT2D eigenvalue weighted by Crippen LogP contribution is -2.26. The van der Waals surface area contributed by atoms with Gasteiger partial charge in [-0.1, -0.05) is 24.3 Å². The zero-order valence-electron chi connectivity index (χ0n) is 20.4. The summed E-state index contributed by atoms with van der Waals surface area (Å²) in [6, 6.07) is 11.1. The van der Waals surface area contributed by atoms with Crippen molar-refractivity contribution in [3.05, 3.63) is 82.0 Å². The second-order valence-electron chi connectivity index (χ2n) is 8.34. The molecule has 204 valence electrons. The number of aromatic hydroxyl groups is 1. The van der Waals surface area contributed by atoms with Gasteiger partial charge in [-0.25, -0.2) is 13.1 Å². The van der Waals surface area contributed by atoms with Crippen molar-refractivity contribution in [3.63, 3.8) is 0 Å². The summed E-state index contributed by atoms with van der Waals surface area (Å²) in [5, 5.41) is 13.7. The number of unbranched alkanes of at least 4 members (excludes halogenated alkanes) is 1. The standard InChI is InChI=1S/C26H27BrF3N3O4S/c1-18-14-19(23-6-2-3-7-25(23)34)15-20(16-31-17-24(18)27)32-12-4-5-13-33-38(35,36)22-10-8-21(9-11-22)37-26(28,29)30/h2-3,6-11,14-15,17,32-34H,4-5,12-13,16H2,1H3/b19-14+,20-15-,24-18-,31-17?. The second kappa shape index (κ2) is 13.1. The summed E-state index contributed by atoms with van der Waals surface area (Å²) in [6.07, 6.45) is 1.92. The number of allylic oxidation sites excluding steroid dienone is 5. The van der Waals surface area contributed by atoms with Gasteiger partial charge in [0.05, 0.1) is 11.4 Å². The van der Waals surface area contributed by atoms with Crippen molar-refractivity contribution in [2.24, 2.45) is 4.99 Å². The maximum atomic E-state index is 12.4. The molecule has 0 spiro atoms. The van der Waals surface area contributed by atoms with Gasteiger partial charge in [0.1, 0.15) is 11.5 Å². The van der Waals surface area contributed by atoms with E-state index in [0.717, 1.165) is 45.6 Å². The van der Waals surface area contributed by atoms with Crippen LogP contribution < -0.4 is 14.8 Å². The van der Waals surface area contributed by atoms with E-state index in [2.05, 4.69) is 35.7 Å². The van der Waals surface area contributed by atoms with Gasteiger partial charge in [0.2, 0.25) is 10.0 Å². The SMILES string of the molecule is CC1=C(/Br)C=NC/C(NCCCCNS(=O)(=O)c2ccc(OC(F)(F)F)cc2)=C/C(c2ccccc2O)=C\1. The Bertz CT molecular complexity index is 1350. The van der Waals surface area contributed by atoms with E-state index in [1.807, 2.05) is 31.2 Å². The molecule has 0 bridgehead atoms. The molecule has 0 fully saturated rings. The van der Waals surface area contributed by atoms with Crippen LogP contribution in [0.5, 0.6) is 11.5 Å². The van der Waals surface area contributed by atoms with Crippen LogP contribution in [0, 0.1) is 0 Å². The average molecular weight is 614 g/mol. The lowest BCUT2D eigenvalue weighted by Gasteiger charge is -2.12. The first-order valence-corrected chi connectivity index (χ1v) is 13.9. The van der Waals surface area contributed by atoms with Crippen molar-refractivity contribution in [2.45, 2.75) is 31.0 Å². The number of para-hydroxylation sites is 1. The lowest BCUT2D eigenvalue weighted by molar-refractivity contribution is -0.274. The number of halogens is 4. The molecular formula is C26H27BrF3N3O4S. The van der Waals surface area contributed by atoms with E-state index >= 15 is 0 Å². The van der Waals surface area contributed by atoms with Gasteiger partial charge in [-0.15, -0.1) is 13.2 Å².